The van der Waals surface area contributed by atoms with Gasteiger partial charge >= 0.3 is 5.97 Å². The van der Waals surface area contributed by atoms with E-state index in [1.54, 1.807) is 24.3 Å². The van der Waals surface area contributed by atoms with Gasteiger partial charge in [-0.25, -0.2) is 4.79 Å². The quantitative estimate of drug-likeness (QED) is 0.646. The summed E-state index contributed by atoms with van der Waals surface area (Å²) in [5.74, 6) is -2.20. The summed E-state index contributed by atoms with van der Waals surface area (Å²) in [6.07, 6.45) is 0.849. The average Bonchev–Trinajstić information content (AvgIpc) is 2.67. The van der Waals surface area contributed by atoms with Crippen molar-refractivity contribution in [2.75, 3.05) is 0 Å². The van der Waals surface area contributed by atoms with Gasteiger partial charge in [-0.05, 0) is 18.4 Å². The molecule has 0 bridgehead atoms. The van der Waals surface area contributed by atoms with Crippen LogP contribution in [0, 0.1) is 0 Å². The Bertz CT molecular complexity index is 738. The second-order valence-electron chi connectivity index (χ2n) is 5.75. The molecule has 27 heavy (non-hydrogen) atoms. The third-order valence-electron chi connectivity index (χ3n) is 4.32. The fourth-order valence-electron chi connectivity index (χ4n) is 3.07. The van der Waals surface area contributed by atoms with Gasteiger partial charge in [-0.1, -0.05) is 55.8 Å². The number of hydrogen-bond donors (Lipinski definition) is 3. The molecule has 0 unspecified atom stereocenters. The molecule has 0 radical (unpaired) electrons. The Balaban J connectivity index is 0.00000118. The van der Waals surface area contributed by atoms with Crippen LogP contribution < -0.4 is 11.1 Å². The molecule has 1 saturated heterocycles. The van der Waals surface area contributed by atoms with Crippen molar-refractivity contribution >= 4 is 29.4 Å². The molecule has 2 amide bonds. The molecule has 6 N–H and O–H groups in total. The van der Waals surface area contributed by atoms with Crippen molar-refractivity contribution in [1.29, 1.82) is 0 Å². The van der Waals surface area contributed by atoms with Crippen molar-refractivity contribution in [3.05, 3.63) is 46.6 Å². The normalized spacial score (nSPS) is 21.6. The van der Waals surface area contributed by atoms with E-state index in [2.05, 4.69) is 5.32 Å². The van der Waals surface area contributed by atoms with Gasteiger partial charge in [0.2, 0.25) is 5.91 Å². The van der Waals surface area contributed by atoms with Gasteiger partial charge in [-0.2, -0.15) is 0 Å². The van der Waals surface area contributed by atoms with Gasteiger partial charge in [0.15, 0.2) is 0 Å². The summed E-state index contributed by atoms with van der Waals surface area (Å²) in [6.45, 7) is 4.00. The molecule has 1 aromatic rings. The second kappa shape index (κ2) is 9.50. The molecular formula is C18H24ClN3O5. The number of carbonyl (C=O) groups excluding carboxylic acids is 2. The topological polar surface area (TPSA) is 144 Å². The molecule has 3 atom stereocenters. The Morgan fingerprint density at radius 1 is 1.30 bits per heavy atom. The Morgan fingerprint density at radius 3 is 2.44 bits per heavy atom. The van der Waals surface area contributed by atoms with Crippen molar-refractivity contribution in [2.24, 2.45) is 5.73 Å². The summed E-state index contributed by atoms with van der Waals surface area (Å²) in [4.78, 5) is 37.0. The second-order valence-corrected chi connectivity index (χ2v) is 6.20. The van der Waals surface area contributed by atoms with Crippen LogP contribution in [0.4, 0.5) is 0 Å². The lowest BCUT2D eigenvalue weighted by Crippen LogP contribution is -2.72. The van der Waals surface area contributed by atoms with Crippen LogP contribution in [0.2, 0.25) is 0 Å². The van der Waals surface area contributed by atoms with E-state index in [1.165, 1.54) is 0 Å². The third kappa shape index (κ3) is 4.29. The first-order chi connectivity index (χ1) is 12.4. The average molecular weight is 398 g/mol. The molecule has 8 nitrogen and oxygen atoms in total. The molecule has 2 aliphatic rings. The molecule has 2 aliphatic heterocycles. The minimum atomic E-state index is -1.25. The number of carbonyl (C=O) groups is 3. The first-order valence-electron chi connectivity index (χ1n) is 8.47. The number of halogens is 1. The molecule has 0 spiro atoms. The number of fused-ring (bicyclic) bond motifs is 1. The van der Waals surface area contributed by atoms with Crippen LogP contribution in [-0.2, 0) is 14.4 Å². The minimum Gasteiger partial charge on any atom is -0.477 e. The van der Waals surface area contributed by atoms with Gasteiger partial charge < -0.3 is 21.6 Å². The number of aliphatic carboxylic acids is 1. The summed E-state index contributed by atoms with van der Waals surface area (Å²) >= 11 is 5.92. The van der Waals surface area contributed by atoms with Gasteiger partial charge in [0, 0.05) is 5.03 Å². The van der Waals surface area contributed by atoms with Crippen molar-refractivity contribution in [1.82, 2.24) is 10.2 Å². The van der Waals surface area contributed by atoms with Crippen LogP contribution in [0.3, 0.4) is 0 Å². The number of β-lactam (4-membered cyclic amide) rings is 1. The number of rotatable bonds is 4. The molecule has 3 rings (SSSR count). The summed E-state index contributed by atoms with van der Waals surface area (Å²) in [7, 11) is 0. The number of nitrogens with zero attached hydrogens (tertiary/aromatic N) is 1. The van der Waals surface area contributed by atoms with Crippen molar-refractivity contribution in [2.45, 2.75) is 44.8 Å². The fraction of sp³-hybridized carbons (Fsp3) is 0.389. The highest BCUT2D eigenvalue weighted by Gasteiger charge is 2.53. The van der Waals surface area contributed by atoms with Crippen LogP contribution in [-0.4, -0.2) is 45.3 Å². The number of allylic oxidation sites excluding steroid dienone is 1. The number of carboxylic acid groups (broad SMARTS) is 1. The first kappa shape index (κ1) is 22.6. The molecule has 0 aliphatic carbocycles. The lowest BCUT2D eigenvalue weighted by atomic mass is 9.86. The SMILES string of the molecule is CC.N[C@@H](C(=O)N[C@@H]1C(=O)N2C(C(=O)O)=C(Cl)CC[C@H]12)c1ccccc1.O. The smallest absolute Gasteiger partial charge is 0.353 e. The van der Waals surface area contributed by atoms with E-state index >= 15 is 0 Å². The fourth-order valence-corrected chi connectivity index (χ4v) is 3.35. The van der Waals surface area contributed by atoms with E-state index < -0.39 is 35.9 Å². The molecule has 0 saturated carbocycles. The van der Waals surface area contributed by atoms with Crippen molar-refractivity contribution in [3.8, 4) is 0 Å². The van der Waals surface area contributed by atoms with E-state index in [0.717, 1.165) is 4.90 Å². The largest absolute Gasteiger partial charge is 0.477 e. The van der Waals surface area contributed by atoms with E-state index in [9.17, 15) is 19.5 Å². The molecule has 1 fully saturated rings. The number of carboxylic acids is 1. The Hall–Kier alpha value is -2.42. The Kier molecular flexibility index (Phi) is 7.96. The predicted octanol–water partition coefficient (Wildman–Crippen LogP) is 0.912. The summed E-state index contributed by atoms with van der Waals surface area (Å²) in [5.41, 5.74) is 6.35. The van der Waals surface area contributed by atoms with Crippen molar-refractivity contribution < 1.29 is 25.0 Å². The number of amides is 2. The number of nitrogens with two attached hydrogens (primary N) is 1. The van der Waals surface area contributed by atoms with Gasteiger partial charge in [-0.15, -0.1) is 0 Å². The molecule has 148 valence electrons. The van der Waals surface area contributed by atoms with Gasteiger partial charge in [0.1, 0.15) is 17.8 Å². The zero-order chi connectivity index (χ0) is 19.4. The van der Waals surface area contributed by atoms with E-state index in [0.29, 0.717) is 18.4 Å². The standard InChI is InChI=1S/C16H16ClN3O4.C2H6.H2O/c17-9-6-7-10-12(15(22)20(10)13(9)16(23)24)19-14(21)11(18)8-4-2-1-3-5-8;1-2;/h1-5,10-12H,6-7,18H2,(H,19,21)(H,23,24);1-2H3;1H2/t10-,11-,12+;;/m1../s1. The van der Waals surface area contributed by atoms with E-state index in [-0.39, 0.29) is 16.2 Å². The van der Waals surface area contributed by atoms with Gasteiger partial charge in [0.25, 0.3) is 5.91 Å². The molecular weight excluding hydrogens is 374 g/mol. The molecule has 9 heteroatoms. The van der Waals surface area contributed by atoms with E-state index in [1.807, 2.05) is 19.9 Å². The Labute approximate surface area is 162 Å². The summed E-state index contributed by atoms with van der Waals surface area (Å²) in [6, 6.07) is 6.74. The van der Waals surface area contributed by atoms with Crippen LogP contribution in [0.1, 0.15) is 38.3 Å². The monoisotopic (exact) mass is 397 g/mol. The van der Waals surface area contributed by atoms with Gasteiger partial charge in [0.05, 0.1) is 6.04 Å². The molecule has 2 heterocycles. The maximum Gasteiger partial charge on any atom is 0.353 e. The lowest BCUT2D eigenvalue weighted by Gasteiger charge is -2.49. The lowest BCUT2D eigenvalue weighted by molar-refractivity contribution is -0.156. The highest BCUT2D eigenvalue weighted by atomic mass is 35.5. The van der Waals surface area contributed by atoms with Crippen LogP contribution in [0.25, 0.3) is 0 Å². The predicted molar refractivity (Wildman–Crippen MR) is 101 cm³/mol. The van der Waals surface area contributed by atoms with Crippen LogP contribution in [0.15, 0.2) is 41.1 Å². The van der Waals surface area contributed by atoms with Crippen LogP contribution in [0.5, 0.6) is 0 Å². The maximum absolute atomic E-state index is 12.3. The maximum atomic E-state index is 12.3. The summed E-state index contributed by atoms with van der Waals surface area (Å²) < 4.78 is 0. The number of benzene rings is 1. The highest BCUT2D eigenvalue weighted by Crippen LogP contribution is 2.38. The number of hydrogen-bond acceptors (Lipinski definition) is 4. The minimum absolute atomic E-state index is 0. The number of nitrogens with one attached hydrogen (secondary N) is 1. The third-order valence-corrected chi connectivity index (χ3v) is 4.69. The van der Waals surface area contributed by atoms with E-state index in [4.69, 9.17) is 17.3 Å². The summed E-state index contributed by atoms with van der Waals surface area (Å²) in [5, 5.41) is 12.0. The zero-order valence-electron chi connectivity index (χ0n) is 15.1. The highest BCUT2D eigenvalue weighted by molar-refractivity contribution is 6.32. The first-order valence-corrected chi connectivity index (χ1v) is 8.85. The van der Waals surface area contributed by atoms with Gasteiger partial charge in [-0.3, -0.25) is 14.5 Å². The van der Waals surface area contributed by atoms with Crippen LogP contribution >= 0.6 is 11.6 Å². The Morgan fingerprint density at radius 2 is 1.89 bits per heavy atom. The zero-order valence-corrected chi connectivity index (χ0v) is 15.9. The molecule has 0 aromatic heterocycles. The van der Waals surface area contributed by atoms with Crippen molar-refractivity contribution in [3.63, 3.8) is 0 Å². The molecule has 1 aromatic carbocycles.